The Morgan fingerprint density at radius 3 is 0.853 bits per heavy atom. The van der Waals surface area contributed by atoms with Crippen molar-refractivity contribution in [2.45, 2.75) is 46.2 Å². The third-order valence-electron chi connectivity index (χ3n) is 9.93. The summed E-state index contributed by atoms with van der Waals surface area (Å²) in [7, 11) is 0. The summed E-state index contributed by atoms with van der Waals surface area (Å²) in [6.45, 7) is 1.13. The quantitative estimate of drug-likeness (QED) is 0.0619. The van der Waals surface area contributed by atoms with E-state index in [1.807, 2.05) is 84.9 Å². The molecule has 0 saturated carbocycles. The van der Waals surface area contributed by atoms with E-state index in [-0.39, 0.29) is 46.2 Å². The van der Waals surface area contributed by atoms with Crippen LogP contribution in [0.3, 0.4) is 0 Å². The molecule has 68 heavy (non-hydrogen) atoms. The number of benzene rings is 7. The average Bonchev–Trinajstić information content (AvgIpc) is 3.37. The van der Waals surface area contributed by atoms with E-state index >= 15 is 0 Å². The van der Waals surface area contributed by atoms with Crippen molar-refractivity contribution in [3.05, 3.63) is 191 Å². The van der Waals surface area contributed by atoms with Crippen molar-refractivity contribution in [1.29, 1.82) is 0 Å². The fraction of sp³-hybridized carbons (Fsp3) is 0.123. The van der Waals surface area contributed by atoms with Gasteiger partial charge in [-0.1, -0.05) is 86.4 Å². The van der Waals surface area contributed by atoms with Crippen LogP contribution in [0.2, 0.25) is 0 Å². The summed E-state index contributed by atoms with van der Waals surface area (Å²) in [6, 6.07) is 45.6. The predicted octanol–water partition coefficient (Wildman–Crippen LogP) is 10.5. The molecular weight excluding hydrogens is 861 g/mol. The van der Waals surface area contributed by atoms with Crippen molar-refractivity contribution in [2.24, 2.45) is 0 Å². The van der Waals surface area contributed by atoms with Gasteiger partial charge in [0.1, 0.15) is 98.6 Å². The molecule has 0 aromatic heterocycles. The van der Waals surface area contributed by atoms with E-state index < -0.39 is 0 Å². The monoisotopic (exact) mass is 904 g/mol. The van der Waals surface area contributed by atoms with Gasteiger partial charge in [0, 0.05) is 6.07 Å². The molecule has 0 atom stereocenters. The van der Waals surface area contributed by atoms with E-state index in [2.05, 4.69) is 24.4 Å². The lowest BCUT2D eigenvalue weighted by atomic mass is 10.2. The minimum Gasteiger partial charge on any atom is -0.489 e. The molecule has 0 saturated heterocycles. The lowest BCUT2D eigenvalue weighted by molar-refractivity contribution is 0.252. The fourth-order valence-electron chi connectivity index (χ4n) is 6.50. The molecule has 0 fully saturated rings. The molecule has 7 aromatic rings. The van der Waals surface area contributed by atoms with Gasteiger partial charge in [0.2, 0.25) is 0 Å². The van der Waals surface area contributed by atoms with Gasteiger partial charge in [-0.15, -0.1) is 0 Å². The average molecular weight is 905 g/mol. The maximum atomic E-state index is 10.2. The highest BCUT2D eigenvalue weighted by molar-refractivity contribution is 5.46. The lowest BCUT2D eigenvalue weighted by Crippen LogP contribution is -2.04. The maximum Gasteiger partial charge on any atom is 0.162 e. The second-order valence-corrected chi connectivity index (χ2v) is 14.7. The Balaban J connectivity index is 1.03. The zero-order chi connectivity index (χ0) is 47.3. The molecule has 11 nitrogen and oxygen atoms in total. The van der Waals surface area contributed by atoms with Gasteiger partial charge in [0.15, 0.2) is 23.0 Å². The van der Waals surface area contributed by atoms with Crippen molar-refractivity contribution in [3.63, 3.8) is 0 Å². The van der Waals surface area contributed by atoms with Crippen molar-refractivity contribution >= 4 is 0 Å². The van der Waals surface area contributed by atoms with Gasteiger partial charge in [0.05, 0.1) is 6.61 Å². The molecule has 0 aliphatic carbocycles. The molecule has 7 rings (SSSR count). The Hall–Kier alpha value is -9.26. The van der Waals surface area contributed by atoms with E-state index in [0.717, 1.165) is 33.4 Å². The van der Waals surface area contributed by atoms with Crippen LogP contribution < -0.4 is 47.4 Å². The second-order valence-electron chi connectivity index (χ2n) is 14.7. The highest BCUT2D eigenvalue weighted by Gasteiger charge is 2.13. The molecule has 338 valence electrons. The molecule has 7 aromatic carbocycles. The Morgan fingerprint density at radius 2 is 0.559 bits per heavy atom. The van der Waals surface area contributed by atoms with E-state index in [1.165, 1.54) is 0 Å². The van der Waals surface area contributed by atoms with Crippen LogP contribution in [0.5, 0.6) is 57.5 Å². The topological polar surface area (TPSA) is 113 Å². The minimum atomic E-state index is -0.230. The predicted molar refractivity (Wildman–Crippen MR) is 255 cm³/mol. The van der Waals surface area contributed by atoms with Crippen LogP contribution in [0, 0.1) is 50.1 Å². The largest absolute Gasteiger partial charge is 0.489 e. The number of aliphatic hydroxyl groups excluding tert-OH is 1. The van der Waals surface area contributed by atoms with Gasteiger partial charge in [0.25, 0.3) is 0 Å². The molecule has 11 heteroatoms. The Labute approximate surface area is 395 Å². The first kappa shape index (κ1) is 46.7. The van der Waals surface area contributed by atoms with E-state index in [4.69, 9.17) is 73.1 Å². The summed E-state index contributed by atoms with van der Waals surface area (Å²) < 4.78 is 58.1. The maximum absolute atomic E-state index is 10.2. The molecule has 0 aliphatic heterocycles. The molecule has 0 aliphatic rings. The summed E-state index contributed by atoms with van der Waals surface area (Å²) in [6.07, 6.45) is 29.7. The molecule has 0 radical (unpaired) electrons. The van der Waals surface area contributed by atoms with Crippen molar-refractivity contribution in [3.8, 4) is 108 Å². The molecule has 0 heterocycles. The van der Waals surface area contributed by atoms with Gasteiger partial charge in [-0.2, -0.15) is 0 Å². The van der Waals surface area contributed by atoms with Crippen LogP contribution in [0.1, 0.15) is 38.9 Å². The molecule has 0 amide bonds. The number of rotatable bonds is 23. The lowest BCUT2D eigenvalue weighted by Gasteiger charge is -2.16. The zero-order valence-electron chi connectivity index (χ0n) is 36.7. The van der Waals surface area contributed by atoms with Crippen LogP contribution >= 0.6 is 0 Å². The molecular formula is C57H44O11. The first-order chi connectivity index (χ1) is 33.4. The van der Waals surface area contributed by atoms with Crippen molar-refractivity contribution in [2.75, 3.05) is 0 Å². The summed E-state index contributed by atoms with van der Waals surface area (Å²) in [4.78, 5) is 0. The van der Waals surface area contributed by atoms with Crippen LogP contribution in [-0.2, 0) is 46.2 Å². The molecule has 0 bridgehead atoms. The normalized spacial score (nSPS) is 10.2. The Bertz CT molecular complexity index is 2720. The van der Waals surface area contributed by atoms with Gasteiger partial charge >= 0.3 is 0 Å². The Morgan fingerprint density at radius 1 is 0.279 bits per heavy atom. The molecule has 1 N–H and O–H groups in total. The summed E-state index contributed by atoms with van der Waals surface area (Å²) >= 11 is 0. The smallest absolute Gasteiger partial charge is 0.162 e. The van der Waals surface area contributed by atoms with E-state index in [9.17, 15) is 5.11 Å². The van der Waals surface area contributed by atoms with Crippen LogP contribution in [-0.4, -0.2) is 5.11 Å². The summed E-state index contributed by atoms with van der Waals surface area (Å²) in [5.74, 6) is 5.28. The van der Waals surface area contributed by atoms with Crippen LogP contribution in [0.15, 0.2) is 152 Å². The van der Waals surface area contributed by atoms with E-state index in [0.29, 0.717) is 63.1 Å². The number of aliphatic hydroxyl groups is 1. The van der Waals surface area contributed by atoms with Crippen LogP contribution in [0.4, 0.5) is 0 Å². The molecule has 0 unspecified atom stereocenters. The standard InChI is InChI=1S/C57H44O11/c1-5-59-48-19-9-41(10-20-48)35-65-54-27-17-45(31-56(54)67-37-43-13-23-50(24-14-43)61-7-3)39-63-52-29-47(34-58)30-53(33-52)64-40-46-18-28-55(66-36-42-11-21-49(22-12-42)60-6-2)57(32-46)68-38-44-15-25-51(26-16-44)62-8-4/h1-4,9-33,58H,34-40H2. The van der Waals surface area contributed by atoms with Gasteiger partial charge in [-0.05, 0) is 124 Å². The van der Waals surface area contributed by atoms with Crippen molar-refractivity contribution in [1.82, 2.24) is 0 Å². The number of hydrogen-bond acceptors (Lipinski definition) is 11. The third-order valence-corrected chi connectivity index (χ3v) is 9.93. The number of ether oxygens (including phenoxy) is 10. The first-order valence-electron chi connectivity index (χ1n) is 21.0. The summed E-state index contributed by atoms with van der Waals surface area (Å²) in [5.41, 5.74) is 5.80. The second kappa shape index (κ2) is 24.1. The zero-order valence-corrected chi connectivity index (χ0v) is 36.7. The SMILES string of the molecule is C#COc1ccc(COc2ccc(COc3cc(CO)cc(OCc4ccc(OCc5ccc(OC#C)cc5)c(OCc5ccc(OC#C)cc5)c4)c3)cc2OCc2ccc(OC#C)cc2)cc1. The number of terminal acetylenes is 4. The highest BCUT2D eigenvalue weighted by atomic mass is 16.5. The molecule has 0 spiro atoms. The number of hydrogen-bond donors (Lipinski definition) is 1. The highest BCUT2D eigenvalue weighted by Crippen LogP contribution is 2.34. The Kier molecular flexibility index (Phi) is 16.6. The van der Waals surface area contributed by atoms with Crippen molar-refractivity contribution < 1.29 is 52.5 Å². The van der Waals surface area contributed by atoms with Gasteiger partial charge < -0.3 is 52.5 Å². The summed E-state index contributed by atoms with van der Waals surface area (Å²) in [5, 5.41) is 10.2. The fourth-order valence-corrected chi connectivity index (χ4v) is 6.50. The first-order valence-corrected chi connectivity index (χ1v) is 21.0. The third kappa shape index (κ3) is 13.9. The van der Waals surface area contributed by atoms with E-state index in [1.54, 1.807) is 66.7 Å². The van der Waals surface area contributed by atoms with Crippen LogP contribution in [0.25, 0.3) is 0 Å². The van der Waals surface area contributed by atoms with Gasteiger partial charge in [-0.3, -0.25) is 0 Å². The minimum absolute atomic E-state index is 0.171. The van der Waals surface area contributed by atoms with Gasteiger partial charge in [-0.25, -0.2) is 0 Å².